The second-order valence-corrected chi connectivity index (χ2v) is 3.58. The molecule has 1 amide bonds. The van der Waals surface area contributed by atoms with E-state index < -0.39 is 0 Å². The molecule has 17 heavy (non-hydrogen) atoms. The average Bonchev–Trinajstić information content (AvgIpc) is 2.83. The predicted molar refractivity (Wildman–Crippen MR) is 66.7 cm³/mol. The van der Waals surface area contributed by atoms with Gasteiger partial charge in [-0.1, -0.05) is 30.3 Å². The summed E-state index contributed by atoms with van der Waals surface area (Å²) in [6, 6.07) is 13.3. The van der Waals surface area contributed by atoms with Crippen molar-refractivity contribution < 1.29 is 4.79 Å². The van der Waals surface area contributed by atoms with Gasteiger partial charge < -0.3 is 4.98 Å². The minimum Gasteiger partial charge on any atom is -0.360 e. The van der Waals surface area contributed by atoms with Gasteiger partial charge in [-0.05, 0) is 17.7 Å². The van der Waals surface area contributed by atoms with Gasteiger partial charge in [-0.3, -0.25) is 4.79 Å². The summed E-state index contributed by atoms with van der Waals surface area (Å²) in [7, 11) is 0. The molecule has 4 heteroatoms. The first-order valence-corrected chi connectivity index (χ1v) is 5.34. The van der Waals surface area contributed by atoms with Crippen molar-refractivity contribution in [2.45, 2.75) is 6.42 Å². The van der Waals surface area contributed by atoms with Gasteiger partial charge in [-0.25, -0.2) is 5.43 Å². The summed E-state index contributed by atoms with van der Waals surface area (Å²) in [6.45, 7) is 0. The monoisotopic (exact) mass is 227 g/mol. The quantitative estimate of drug-likeness (QED) is 0.606. The largest absolute Gasteiger partial charge is 0.360 e. The summed E-state index contributed by atoms with van der Waals surface area (Å²) in [5, 5.41) is 3.85. The number of nitrogens with zero attached hydrogens (tertiary/aromatic N) is 1. The Bertz CT molecular complexity index is 489. The van der Waals surface area contributed by atoms with E-state index in [0.29, 0.717) is 6.42 Å². The third-order valence-electron chi connectivity index (χ3n) is 2.22. The molecule has 0 aliphatic carbocycles. The van der Waals surface area contributed by atoms with Crippen LogP contribution in [0.4, 0.5) is 0 Å². The van der Waals surface area contributed by atoms with Crippen LogP contribution in [0.15, 0.2) is 53.8 Å². The minimum atomic E-state index is -0.126. The summed E-state index contributed by atoms with van der Waals surface area (Å²) < 4.78 is 0. The molecule has 0 radical (unpaired) electrons. The fourth-order valence-electron chi connectivity index (χ4n) is 1.42. The molecule has 0 fully saturated rings. The van der Waals surface area contributed by atoms with Crippen LogP contribution in [0, 0.1) is 0 Å². The van der Waals surface area contributed by atoms with E-state index in [9.17, 15) is 4.79 Å². The number of hydrazone groups is 1. The molecule has 0 unspecified atom stereocenters. The molecule has 0 spiro atoms. The zero-order valence-electron chi connectivity index (χ0n) is 9.26. The number of hydrogen-bond donors (Lipinski definition) is 2. The van der Waals surface area contributed by atoms with Gasteiger partial charge in [-0.2, -0.15) is 5.10 Å². The smallest absolute Gasteiger partial charge is 0.244 e. The van der Waals surface area contributed by atoms with Crippen LogP contribution >= 0.6 is 0 Å². The number of amides is 1. The van der Waals surface area contributed by atoms with Gasteiger partial charge in [0.05, 0.1) is 18.3 Å². The maximum atomic E-state index is 11.5. The lowest BCUT2D eigenvalue weighted by Crippen LogP contribution is -2.19. The zero-order valence-corrected chi connectivity index (χ0v) is 9.26. The highest BCUT2D eigenvalue weighted by atomic mass is 16.2. The molecule has 0 aliphatic heterocycles. The third kappa shape index (κ3) is 3.61. The van der Waals surface area contributed by atoms with Crippen LogP contribution in [-0.2, 0) is 11.2 Å². The van der Waals surface area contributed by atoms with Gasteiger partial charge in [-0.15, -0.1) is 0 Å². The Morgan fingerprint density at radius 2 is 2.06 bits per heavy atom. The molecule has 0 atom stereocenters. The van der Waals surface area contributed by atoms with Crippen molar-refractivity contribution >= 4 is 12.1 Å². The molecule has 4 nitrogen and oxygen atoms in total. The van der Waals surface area contributed by atoms with Crippen molar-refractivity contribution in [1.29, 1.82) is 0 Å². The first-order valence-electron chi connectivity index (χ1n) is 5.34. The Morgan fingerprint density at radius 3 is 2.76 bits per heavy atom. The Balaban J connectivity index is 1.82. The predicted octanol–water partition coefficient (Wildman–Crippen LogP) is 1.71. The number of carbonyl (C=O) groups excluding carboxylic acids is 1. The van der Waals surface area contributed by atoms with Gasteiger partial charge >= 0.3 is 0 Å². The molecular formula is C13H13N3O. The third-order valence-corrected chi connectivity index (χ3v) is 2.22. The number of nitrogens with one attached hydrogen (secondary N) is 2. The highest BCUT2D eigenvalue weighted by molar-refractivity contribution is 5.82. The highest BCUT2D eigenvalue weighted by Gasteiger charge is 2.00. The average molecular weight is 227 g/mol. The summed E-state index contributed by atoms with van der Waals surface area (Å²) in [5.74, 6) is -0.126. The SMILES string of the molecule is O=C(Cc1ccccc1)N/N=C/c1ccc[nH]1. The number of aromatic amines is 1. The minimum absolute atomic E-state index is 0.126. The molecule has 2 rings (SSSR count). The fourth-order valence-corrected chi connectivity index (χ4v) is 1.42. The number of H-pyrrole nitrogens is 1. The molecule has 86 valence electrons. The fraction of sp³-hybridized carbons (Fsp3) is 0.0769. The molecule has 1 aromatic heterocycles. The number of hydrogen-bond acceptors (Lipinski definition) is 2. The van der Waals surface area contributed by atoms with Gasteiger partial charge in [0.25, 0.3) is 0 Å². The standard InChI is InChI=1S/C13H13N3O/c17-13(9-11-5-2-1-3-6-11)16-15-10-12-7-4-8-14-12/h1-8,10,14H,9H2,(H,16,17)/b15-10+. The van der Waals surface area contributed by atoms with E-state index in [-0.39, 0.29) is 5.91 Å². The summed E-state index contributed by atoms with van der Waals surface area (Å²) in [5.41, 5.74) is 4.30. The molecule has 0 bridgehead atoms. The highest BCUT2D eigenvalue weighted by Crippen LogP contribution is 1.98. The molecule has 1 aromatic carbocycles. The van der Waals surface area contributed by atoms with E-state index in [4.69, 9.17) is 0 Å². The van der Waals surface area contributed by atoms with Crippen molar-refractivity contribution in [1.82, 2.24) is 10.4 Å². The Hall–Kier alpha value is -2.36. The van der Waals surface area contributed by atoms with E-state index in [0.717, 1.165) is 11.3 Å². The van der Waals surface area contributed by atoms with E-state index in [1.54, 1.807) is 12.4 Å². The normalized spacial score (nSPS) is 10.6. The van der Waals surface area contributed by atoms with Crippen LogP contribution in [0.3, 0.4) is 0 Å². The number of carbonyl (C=O) groups is 1. The van der Waals surface area contributed by atoms with Crippen LogP contribution in [0.2, 0.25) is 0 Å². The first-order chi connectivity index (χ1) is 8.34. The Morgan fingerprint density at radius 1 is 1.24 bits per heavy atom. The van der Waals surface area contributed by atoms with Crippen molar-refractivity contribution in [3.63, 3.8) is 0 Å². The topological polar surface area (TPSA) is 57.2 Å². The Kier molecular flexibility index (Phi) is 3.70. The maximum absolute atomic E-state index is 11.5. The molecular weight excluding hydrogens is 214 g/mol. The number of aromatic nitrogens is 1. The number of benzene rings is 1. The van der Waals surface area contributed by atoms with Gasteiger partial charge in [0.15, 0.2) is 0 Å². The van der Waals surface area contributed by atoms with Gasteiger partial charge in [0, 0.05) is 6.20 Å². The molecule has 0 saturated heterocycles. The molecule has 1 heterocycles. The first kappa shape index (κ1) is 11.1. The van der Waals surface area contributed by atoms with E-state index in [1.165, 1.54) is 0 Å². The molecule has 0 saturated carbocycles. The Labute approximate surface area is 99.4 Å². The molecule has 0 aliphatic rings. The van der Waals surface area contributed by atoms with Crippen LogP contribution in [-0.4, -0.2) is 17.1 Å². The van der Waals surface area contributed by atoms with Gasteiger partial charge in [0.2, 0.25) is 5.91 Å². The lowest BCUT2D eigenvalue weighted by atomic mass is 10.1. The van der Waals surface area contributed by atoms with Crippen molar-refractivity contribution in [3.05, 3.63) is 59.9 Å². The van der Waals surface area contributed by atoms with Gasteiger partial charge in [0.1, 0.15) is 0 Å². The number of rotatable bonds is 4. The van der Waals surface area contributed by atoms with Crippen LogP contribution in [0.25, 0.3) is 0 Å². The van der Waals surface area contributed by atoms with Crippen molar-refractivity contribution in [3.8, 4) is 0 Å². The zero-order chi connectivity index (χ0) is 11.9. The van der Waals surface area contributed by atoms with Crippen LogP contribution in [0.1, 0.15) is 11.3 Å². The lowest BCUT2D eigenvalue weighted by molar-refractivity contribution is -0.120. The van der Waals surface area contributed by atoms with Crippen LogP contribution in [0.5, 0.6) is 0 Å². The molecule has 2 N–H and O–H groups in total. The summed E-state index contributed by atoms with van der Waals surface area (Å²) in [4.78, 5) is 14.5. The lowest BCUT2D eigenvalue weighted by Gasteiger charge is -1.99. The van der Waals surface area contributed by atoms with Crippen molar-refractivity contribution in [2.24, 2.45) is 5.10 Å². The summed E-state index contributed by atoms with van der Waals surface area (Å²) in [6.07, 6.45) is 3.71. The van der Waals surface area contributed by atoms with E-state index >= 15 is 0 Å². The second kappa shape index (κ2) is 5.65. The van der Waals surface area contributed by atoms with Crippen LogP contribution < -0.4 is 5.43 Å². The second-order valence-electron chi connectivity index (χ2n) is 3.58. The molecule has 2 aromatic rings. The maximum Gasteiger partial charge on any atom is 0.244 e. The summed E-state index contributed by atoms with van der Waals surface area (Å²) >= 11 is 0. The van der Waals surface area contributed by atoms with E-state index in [2.05, 4.69) is 15.5 Å². The van der Waals surface area contributed by atoms with Crippen molar-refractivity contribution in [2.75, 3.05) is 0 Å². The van der Waals surface area contributed by atoms with E-state index in [1.807, 2.05) is 42.5 Å².